The fourth-order valence-electron chi connectivity index (χ4n) is 3.87. The smallest absolute Gasteiger partial charge is 0.326 e. The Morgan fingerprint density at radius 1 is 1.18 bits per heavy atom. The van der Waals surface area contributed by atoms with Crippen molar-refractivity contribution >= 4 is 45.1 Å². The minimum Gasteiger partial charge on any atom is -0.497 e. The number of benzene rings is 2. The SMILES string of the molecule is COc1ccc(C[C@H](NC(=O)[C@]2(C)CCCN2S(=O)(=O)c2cc(Cl)cc(Cl)c2)C(=O)O)cc1. The third-order valence-corrected chi connectivity index (χ3v) is 8.12. The first kappa shape index (κ1) is 25.3. The number of carboxylic acid groups (broad SMARTS) is 1. The van der Waals surface area contributed by atoms with Crippen molar-refractivity contribution in [1.82, 2.24) is 9.62 Å². The Bertz CT molecular complexity index is 1140. The zero-order valence-corrected chi connectivity index (χ0v) is 20.4. The number of carbonyl (C=O) groups excluding carboxylic acids is 1. The van der Waals surface area contributed by atoms with Gasteiger partial charge in [0.25, 0.3) is 0 Å². The normalized spacial score (nSPS) is 19.8. The first-order valence-electron chi connectivity index (χ1n) is 10.1. The molecule has 1 aliphatic rings. The van der Waals surface area contributed by atoms with Crippen LogP contribution < -0.4 is 10.1 Å². The predicted molar refractivity (Wildman–Crippen MR) is 124 cm³/mol. The van der Waals surface area contributed by atoms with Gasteiger partial charge in [0.1, 0.15) is 17.3 Å². The Labute approximate surface area is 202 Å². The van der Waals surface area contributed by atoms with E-state index < -0.39 is 33.5 Å². The Morgan fingerprint density at radius 2 is 1.79 bits per heavy atom. The molecular formula is C22H24Cl2N2O6S. The molecule has 11 heteroatoms. The van der Waals surface area contributed by atoms with Crippen molar-refractivity contribution in [2.24, 2.45) is 0 Å². The fraction of sp³-hybridized carbons (Fsp3) is 0.364. The number of rotatable bonds is 8. The van der Waals surface area contributed by atoms with Crippen LogP contribution in [0.15, 0.2) is 47.4 Å². The van der Waals surface area contributed by atoms with Crippen LogP contribution in [0.5, 0.6) is 5.75 Å². The van der Waals surface area contributed by atoms with Crippen LogP contribution in [0.25, 0.3) is 0 Å². The highest BCUT2D eigenvalue weighted by molar-refractivity contribution is 7.89. The minimum absolute atomic E-state index is 0.0256. The summed E-state index contributed by atoms with van der Waals surface area (Å²) in [7, 11) is -2.59. The predicted octanol–water partition coefficient (Wildman–Crippen LogP) is 3.36. The molecule has 0 unspecified atom stereocenters. The van der Waals surface area contributed by atoms with Crippen molar-refractivity contribution in [2.75, 3.05) is 13.7 Å². The number of hydrogen-bond donors (Lipinski definition) is 2. The Kier molecular flexibility index (Phi) is 7.58. The maximum absolute atomic E-state index is 13.3. The molecule has 0 radical (unpaired) electrons. The van der Waals surface area contributed by atoms with Crippen molar-refractivity contribution in [3.63, 3.8) is 0 Å². The van der Waals surface area contributed by atoms with Gasteiger partial charge in [0.05, 0.1) is 12.0 Å². The average molecular weight is 515 g/mol. The Hall–Kier alpha value is -2.33. The van der Waals surface area contributed by atoms with E-state index in [0.717, 1.165) is 4.31 Å². The van der Waals surface area contributed by atoms with Gasteiger partial charge in [-0.2, -0.15) is 4.31 Å². The maximum atomic E-state index is 13.3. The molecule has 2 N–H and O–H groups in total. The number of amides is 1. The summed E-state index contributed by atoms with van der Waals surface area (Å²) >= 11 is 12.0. The standard InChI is InChI=1S/C22H24Cl2N2O6S/c1-22(8-3-9-26(22)33(30,31)18-12-15(23)11-16(24)13-18)21(29)25-19(20(27)28)10-14-4-6-17(32-2)7-5-14/h4-7,11-13,19H,3,8-10H2,1-2H3,(H,25,29)(H,27,28)/t19-,22-/m0/s1. The number of halogens is 2. The molecule has 0 saturated carbocycles. The second-order valence-corrected chi connectivity index (χ2v) is 10.7. The van der Waals surface area contributed by atoms with Gasteiger partial charge in [0.15, 0.2) is 0 Å². The van der Waals surface area contributed by atoms with E-state index >= 15 is 0 Å². The largest absolute Gasteiger partial charge is 0.497 e. The van der Waals surface area contributed by atoms with Gasteiger partial charge in [-0.1, -0.05) is 35.3 Å². The third kappa shape index (κ3) is 5.43. The highest BCUT2D eigenvalue weighted by atomic mass is 35.5. The van der Waals surface area contributed by atoms with Gasteiger partial charge in [-0.3, -0.25) is 4.79 Å². The van der Waals surface area contributed by atoms with Crippen molar-refractivity contribution < 1.29 is 27.9 Å². The lowest BCUT2D eigenvalue weighted by atomic mass is 9.97. The van der Waals surface area contributed by atoms with E-state index in [1.807, 2.05) is 0 Å². The number of sulfonamides is 1. The molecule has 33 heavy (non-hydrogen) atoms. The van der Waals surface area contributed by atoms with Gasteiger partial charge in [-0.25, -0.2) is 13.2 Å². The van der Waals surface area contributed by atoms with E-state index in [1.54, 1.807) is 24.3 Å². The number of ether oxygens (including phenoxy) is 1. The summed E-state index contributed by atoms with van der Waals surface area (Å²) in [5.41, 5.74) is -0.792. The van der Waals surface area contributed by atoms with Gasteiger partial charge in [0.2, 0.25) is 15.9 Å². The fourth-order valence-corrected chi connectivity index (χ4v) is 6.40. The topological polar surface area (TPSA) is 113 Å². The molecule has 1 fully saturated rings. The Morgan fingerprint density at radius 3 is 2.33 bits per heavy atom. The number of carboxylic acids is 1. The molecule has 1 amide bonds. The molecule has 1 saturated heterocycles. The summed E-state index contributed by atoms with van der Waals surface area (Å²) in [6.45, 7) is 1.60. The van der Waals surface area contributed by atoms with E-state index in [2.05, 4.69) is 5.32 Å². The van der Waals surface area contributed by atoms with Crippen molar-refractivity contribution in [2.45, 2.75) is 42.7 Å². The van der Waals surface area contributed by atoms with Gasteiger partial charge in [0, 0.05) is 23.0 Å². The van der Waals surface area contributed by atoms with Crippen molar-refractivity contribution in [1.29, 1.82) is 0 Å². The van der Waals surface area contributed by atoms with E-state index in [0.29, 0.717) is 17.7 Å². The van der Waals surface area contributed by atoms with Crippen LogP contribution in [-0.4, -0.2) is 54.9 Å². The van der Waals surface area contributed by atoms with Crippen LogP contribution in [0.4, 0.5) is 0 Å². The number of methoxy groups -OCH3 is 1. The molecule has 2 aromatic rings. The molecule has 0 aliphatic carbocycles. The number of aliphatic carboxylic acids is 1. The average Bonchev–Trinajstić information content (AvgIpc) is 3.16. The van der Waals surface area contributed by atoms with Crippen LogP contribution in [0.1, 0.15) is 25.3 Å². The van der Waals surface area contributed by atoms with Gasteiger partial charge >= 0.3 is 5.97 Å². The Balaban J connectivity index is 1.84. The maximum Gasteiger partial charge on any atom is 0.326 e. The quantitative estimate of drug-likeness (QED) is 0.558. The summed E-state index contributed by atoms with van der Waals surface area (Å²) in [6, 6.07) is 9.50. The number of carbonyl (C=O) groups is 2. The van der Waals surface area contributed by atoms with Gasteiger partial charge in [-0.15, -0.1) is 0 Å². The van der Waals surface area contributed by atoms with Gasteiger partial charge < -0.3 is 15.2 Å². The number of nitrogens with zero attached hydrogens (tertiary/aromatic N) is 1. The third-order valence-electron chi connectivity index (χ3n) is 5.69. The lowest BCUT2D eigenvalue weighted by Crippen LogP contribution is -2.58. The molecule has 1 heterocycles. The summed E-state index contributed by atoms with van der Waals surface area (Å²) < 4.78 is 32.8. The monoisotopic (exact) mass is 514 g/mol. The molecule has 2 atom stereocenters. The number of hydrogen-bond acceptors (Lipinski definition) is 5. The minimum atomic E-state index is -4.12. The van der Waals surface area contributed by atoms with Crippen LogP contribution in [0, 0.1) is 0 Å². The van der Waals surface area contributed by atoms with Crippen LogP contribution in [-0.2, 0) is 26.0 Å². The molecule has 0 spiro atoms. The van der Waals surface area contributed by atoms with Crippen LogP contribution >= 0.6 is 23.2 Å². The second-order valence-electron chi connectivity index (χ2n) is 7.98. The van der Waals surface area contributed by atoms with E-state index in [1.165, 1.54) is 32.2 Å². The zero-order chi connectivity index (χ0) is 24.4. The highest BCUT2D eigenvalue weighted by Crippen LogP contribution is 2.36. The molecule has 3 rings (SSSR count). The summed E-state index contributed by atoms with van der Waals surface area (Å²) in [5, 5.41) is 12.5. The zero-order valence-electron chi connectivity index (χ0n) is 18.0. The van der Waals surface area contributed by atoms with Crippen LogP contribution in [0.2, 0.25) is 10.0 Å². The van der Waals surface area contributed by atoms with Crippen molar-refractivity contribution in [3.8, 4) is 5.75 Å². The second kappa shape index (κ2) is 9.89. The number of nitrogens with one attached hydrogen (secondary N) is 1. The molecule has 0 bridgehead atoms. The van der Waals surface area contributed by atoms with E-state index in [4.69, 9.17) is 27.9 Å². The van der Waals surface area contributed by atoms with E-state index in [-0.39, 0.29) is 34.3 Å². The molecule has 0 aromatic heterocycles. The summed E-state index contributed by atoms with van der Waals surface area (Å²) in [5.74, 6) is -1.29. The molecular weight excluding hydrogens is 491 g/mol. The summed E-state index contributed by atoms with van der Waals surface area (Å²) in [6.07, 6.45) is 0.701. The lowest BCUT2D eigenvalue weighted by molar-refractivity contribution is -0.143. The van der Waals surface area contributed by atoms with Gasteiger partial charge in [-0.05, 0) is 55.7 Å². The highest BCUT2D eigenvalue weighted by Gasteiger charge is 2.50. The molecule has 1 aliphatic heterocycles. The van der Waals surface area contributed by atoms with Crippen molar-refractivity contribution in [3.05, 3.63) is 58.1 Å². The summed E-state index contributed by atoms with van der Waals surface area (Å²) in [4.78, 5) is 25.0. The molecule has 2 aromatic carbocycles. The van der Waals surface area contributed by atoms with E-state index in [9.17, 15) is 23.1 Å². The molecule has 178 valence electrons. The first-order chi connectivity index (χ1) is 15.5. The lowest BCUT2D eigenvalue weighted by Gasteiger charge is -2.34. The first-order valence-corrected chi connectivity index (χ1v) is 12.3. The molecule has 8 nitrogen and oxygen atoms in total. The van der Waals surface area contributed by atoms with Crippen LogP contribution in [0.3, 0.4) is 0 Å².